The highest BCUT2D eigenvalue weighted by Crippen LogP contribution is 2.34. The van der Waals surface area contributed by atoms with Crippen LogP contribution in [0.25, 0.3) is 0 Å². The van der Waals surface area contributed by atoms with E-state index in [1.54, 1.807) is 0 Å². The van der Waals surface area contributed by atoms with Gasteiger partial charge in [0.15, 0.2) is 8.24 Å². The van der Waals surface area contributed by atoms with Crippen molar-refractivity contribution in [3.8, 4) is 0 Å². The van der Waals surface area contributed by atoms with Crippen LogP contribution in [0, 0.1) is 0 Å². The Morgan fingerprint density at radius 1 is 1.08 bits per heavy atom. The zero-order valence-corrected chi connectivity index (χ0v) is 10.4. The fourth-order valence-electron chi connectivity index (χ4n) is 2.35. The molecule has 0 aliphatic heterocycles. The molecular formula is C10H23NSi. The first-order valence-corrected chi connectivity index (χ1v) is 6.88. The molecule has 0 spiro atoms. The monoisotopic (exact) mass is 185 g/mol. The van der Waals surface area contributed by atoms with Crippen LogP contribution in [0.4, 0.5) is 0 Å². The molecule has 0 radical (unpaired) electrons. The lowest BCUT2D eigenvalue weighted by molar-refractivity contribution is 0.581. The lowest BCUT2D eigenvalue weighted by Gasteiger charge is -2.42. The maximum absolute atomic E-state index is 4.02. The lowest BCUT2D eigenvalue weighted by atomic mass is 10.5. The summed E-state index contributed by atoms with van der Waals surface area (Å²) in [5.74, 6) is 0. The van der Waals surface area contributed by atoms with Crippen LogP contribution < -0.4 is 0 Å². The number of nitrogens with zero attached hydrogens (tertiary/aromatic N) is 1. The molecule has 0 heterocycles. The van der Waals surface area contributed by atoms with E-state index in [1.165, 1.54) is 0 Å². The smallest absolute Gasteiger partial charge is 0.157 e. The third-order valence-electron chi connectivity index (χ3n) is 2.95. The van der Waals surface area contributed by atoms with Gasteiger partial charge < -0.3 is 4.57 Å². The number of rotatable bonds is 4. The highest BCUT2D eigenvalue weighted by Gasteiger charge is 2.39. The van der Waals surface area contributed by atoms with Crippen molar-refractivity contribution in [3.63, 3.8) is 0 Å². The van der Waals surface area contributed by atoms with Gasteiger partial charge in [0.2, 0.25) is 0 Å². The SMILES string of the molecule is C=C[Si](C(C)C)(C(C)C)N(C)C. The van der Waals surface area contributed by atoms with E-state index in [4.69, 9.17) is 0 Å². The number of hydrogen-bond donors (Lipinski definition) is 0. The van der Waals surface area contributed by atoms with E-state index >= 15 is 0 Å². The average molecular weight is 185 g/mol. The molecule has 1 nitrogen and oxygen atoms in total. The van der Waals surface area contributed by atoms with E-state index in [9.17, 15) is 0 Å². The molecule has 0 bridgehead atoms. The van der Waals surface area contributed by atoms with Gasteiger partial charge in [-0.3, -0.25) is 0 Å². The molecule has 0 aliphatic carbocycles. The molecule has 0 atom stereocenters. The van der Waals surface area contributed by atoms with Crippen molar-refractivity contribution in [2.75, 3.05) is 14.1 Å². The van der Waals surface area contributed by atoms with Gasteiger partial charge in [-0.1, -0.05) is 33.4 Å². The third-order valence-corrected chi connectivity index (χ3v) is 8.85. The Kier molecular flexibility index (Phi) is 4.21. The van der Waals surface area contributed by atoms with Gasteiger partial charge in [0.05, 0.1) is 0 Å². The van der Waals surface area contributed by atoms with Crippen LogP contribution >= 0.6 is 0 Å². The molecule has 72 valence electrons. The standard InChI is InChI=1S/C10H23NSi/c1-8-12(9(2)3,10(4)5)11(6)7/h8-10H,1H2,2-7H3. The summed E-state index contributed by atoms with van der Waals surface area (Å²) in [5, 5.41) is 0. The van der Waals surface area contributed by atoms with Crippen LogP contribution in [0.2, 0.25) is 11.1 Å². The highest BCUT2D eigenvalue weighted by molar-refractivity contribution is 6.84. The largest absolute Gasteiger partial charge is 0.326 e. The quantitative estimate of drug-likeness (QED) is 0.609. The van der Waals surface area contributed by atoms with Crippen molar-refractivity contribution in [2.45, 2.75) is 38.8 Å². The fraction of sp³-hybridized carbons (Fsp3) is 0.800. The van der Waals surface area contributed by atoms with E-state index < -0.39 is 8.24 Å². The highest BCUT2D eigenvalue weighted by atomic mass is 28.3. The van der Waals surface area contributed by atoms with Crippen LogP contribution in [0.5, 0.6) is 0 Å². The molecule has 0 aliphatic rings. The molecule has 0 aromatic heterocycles. The first-order chi connectivity index (χ1) is 5.39. The zero-order valence-electron chi connectivity index (χ0n) is 9.39. The molecule has 0 aromatic rings. The van der Waals surface area contributed by atoms with Gasteiger partial charge in [-0.2, -0.15) is 0 Å². The van der Waals surface area contributed by atoms with E-state index in [0.717, 1.165) is 11.1 Å². The summed E-state index contributed by atoms with van der Waals surface area (Å²) >= 11 is 0. The average Bonchev–Trinajstić information content (AvgIpc) is 1.86. The number of hydrogen-bond acceptors (Lipinski definition) is 1. The molecule has 0 fully saturated rings. The Morgan fingerprint density at radius 3 is 1.42 bits per heavy atom. The van der Waals surface area contributed by atoms with Crippen LogP contribution in [0.15, 0.2) is 12.3 Å². The second-order valence-corrected chi connectivity index (χ2v) is 9.68. The summed E-state index contributed by atoms with van der Waals surface area (Å²) in [7, 11) is 2.97. The second kappa shape index (κ2) is 4.24. The maximum Gasteiger partial charge on any atom is 0.157 e. The first kappa shape index (κ1) is 11.9. The molecule has 12 heavy (non-hydrogen) atoms. The Hall–Kier alpha value is -0.0831. The van der Waals surface area contributed by atoms with Crippen LogP contribution in [-0.2, 0) is 0 Å². The first-order valence-electron chi connectivity index (χ1n) is 4.70. The summed E-state index contributed by atoms with van der Waals surface area (Å²) in [4.78, 5) is 0. The van der Waals surface area contributed by atoms with Gasteiger partial charge in [0, 0.05) is 0 Å². The summed E-state index contributed by atoms with van der Waals surface area (Å²) in [6.07, 6.45) is 0. The Morgan fingerprint density at radius 2 is 1.42 bits per heavy atom. The molecule has 0 saturated heterocycles. The molecule has 0 N–H and O–H groups in total. The summed E-state index contributed by atoms with van der Waals surface area (Å²) < 4.78 is 2.41. The topological polar surface area (TPSA) is 3.24 Å². The maximum atomic E-state index is 4.02. The molecule has 0 rings (SSSR count). The van der Waals surface area contributed by atoms with Crippen molar-refractivity contribution < 1.29 is 0 Å². The predicted octanol–water partition coefficient (Wildman–Crippen LogP) is 3.04. The van der Waals surface area contributed by atoms with Crippen LogP contribution in [0.1, 0.15) is 27.7 Å². The van der Waals surface area contributed by atoms with Crippen molar-refractivity contribution in [3.05, 3.63) is 12.3 Å². The van der Waals surface area contributed by atoms with Gasteiger partial charge >= 0.3 is 0 Å². The molecule has 0 unspecified atom stereocenters. The second-order valence-electron chi connectivity index (χ2n) is 4.30. The Balaban J connectivity index is 4.89. The lowest BCUT2D eigenvalue weighted by Crippen LogP contribution is -2.53. The Bertz CT molecular complexity index is 128. The zero-order chi connectivity index (χ0) is 9.94. The molecule has 0 amide bonds. The molecule has 0 aromatic carbocycles. The summed E-state index contributed by atoms with van der Waals surface area (Å²) in [6.45, 7) is 13.3. The van der Waals surface area contributed by atoms with Gasteiger partial charge in [0.1, 0.15) is 0 Å². The molecular weight excluding hydrogens is 162 g/mol. The predicted molar refractivity (Wildman–Crippen MR) is 59.8 cm³/mol. The third kappa shape index (κ3) is 1.80. The summed E-state index contributed by atoms with van der Waals surface area (Å²) in [5.41, 5.74) is 3.71. The fourth-order valence-corrected chi connectivity index (χ4v) is 7.06. The molecule has 0 saturated carbocycles. The van der Waals surface area contributed by atoms with E-state index in [0.29, 0.717) is 0 Å². The van der Waals surface area contributed by atoms with E-state index in [1.807, 2.05) is 0 Å². The van der Waals surface area contributed by atoms with Crippen molar-refractivity contribution in [2.24, 2.45) is 0 Å². The molecule has 2 heteroatoms. The van der Waals surface area contributed by atoms with Crippen molar-refractivity contribution >= 4 is 8.24 Å². The van der Waals surface area contributed by atoms with Crippen LogP contribution in [0.3, 0.4) is 0 Å². The van der Waals surface area contributed by atoms with Gasteiger partial charge in [0.25, 0.3) is 0 Å². The van der Waals surface area contributed by atoms with E-state index in [-0.39, 0.29) is 0 Å². The van der Waals surface area contributed by atoms with Crippen LogP contribution in [-0.4, -0.2) is 26.9 Å². The minimum absolute atomic E-state index is 0.741. The van der Waals surface area contributed by atoms with Crippen molar-refractivity contribution in [1.29, 1.82) is 0 Å². The van der Waals surface area contributed by atoms with Crippen molar-refractivity contribution in [1.82, 2.24) is 4.57 Å². The minimum Gasteiger partial charge on any atom is -0.326 e. The Labute approximate surface area is 78.6 Å². The summed E-state index contributed by atoms with van der Waals surface area (Å²) in [6, 6.07) is 0. The minimum atomic E-state index is -1.40. The van der Waals surface area contributed by atoms with Gasteiger partial charge in [-0.25, -0.2) is 0 Å². The van der Waals surface area contributed by atoms with Gasteiger partial charge in [-0.05, 0) is 25.2 Å². The van der Waals surface area contributed by atoms with E-state index in [2.05, 4.69) is 58.6 Å². The van der Waals surface area contributed by atoms with Gasteiger partial charge in [-0.15, -0.1) is 6.58 Å². The normalized spacial score (nSPS) is 13.1.